The fraction of sp³-hybridized carbons (Fsp3) is 0.235. The van der Waals surface area contributed by atoms with Crippen LogP contribution in [0.3, 0.4) is 0 Å². The molecule has 0 fully saturated rings. The molecule has 0 unspecified atom stereocenters. The molecule has 0 bridgehead atoms. The molecule has 1 aliphatic rings. The minimum atomic E-state index is -5.99. The summed E-state index contributed by atoms with van der Waals surface area (Å²) in [5.74, 6) is -2.10. The quantitative estimate of drug-likeness (QED) is 0.257. The number of rotatable bonds is 4. The predicted octanol–water partition coefficient (Wildman–Crippen LogP) is 2.51. The summed E-state index contributed by atoms with van der Waals surface area (Å²) in [5, 5.41) is 0.261. The van der Waals surface area contributed by atoms with Crippen molar-refractivity contribution in [2.75, 3.05) is 0 Å². The van der Waals surface area contributed by atoms with Gasteiger partial charge in [0.2, 0.25) is 0 Å². The zero-order chi connectivity index (χ0) is 25.2. The summed E-state index contributed by atoms with van der Waals surface area (Å²) in [7, 11) is -15.1. The van der Waals surface area contributed by atoms with E-state index in [1.807, 2.05) is 0 Å². The molecule has 0 atom stereocenters. The van der Waals surface area contributed by atoms with E-state index < -0.39 is 56.6 Å². The number of ketones is 1. The molecule has 1 heterocycles. The van der Waals surface area contributed by atoms with Crippen LogP contribution >= 0.6 is 0 Å². The maximum atomic E-state index is 12.9. The Morgan fingerprint density at radius 3 is 1.33 bits per heavy atom. The first-order chi connectivity index (χ1) is 14.8. The van der Waals surface area contributed by atoms with Gasteiger partial charge in [-0.2, -0.15) is 43.2 Å². The Bertz CT molecular complexity index is 1260. The molecule has 0 amide bonds. The molecule has 0 saturated carbocycles. The summed E-state index contributed by atoms with van der Waals surface area (Å²) in [6.07, 6.45) is 0. The molecule has 2 aromatic carbocycles. The molecule has 16 heteroatoms. The molecule has 7 nitrogen and oxygen atoms in total. The Morgan fingerprint density at radius 2 is 1.03 bits per heavy atom. The molecule has 0 spiro atoms. The van der Waals surface area contributed by atoms with Crippen molar-refractivity contribution in [2.45, 2.75) is 24.1 Å². The summed E-state index contributed by atoms with van der Waals surface area (Å²) >= 11 is 0. The largest absolute Gasteiger partial charge is 0.534 e. The first-order valence-electron chi connectivity index (χ1n) is 8.63. The van der Waals surface area contributed by atoms with Crippen molar-refractivity contribution in [2.24, 2.45) is 0 Å². The van der Waals surface area contributed by atoms with Crippen molar-refractivity contribution in [3.05, 3.63) is 47.5 Å². The van der Waals surface area contributed by atoms with Crippen molar-refractivity contribution in [1.82, 2.24) is 0 Å². The first-order valence-corrected chi connectivity index (χ1v) is 14.4. The van der Waals surface area contributed by atoms with Crippen molar-refractivity contribution < 1.29 is 56.3 Å². The molecule has 180 valence electrons. The SMILES string of the molecule is C[Si]1(C)c2cc(OS(=O)(=O)C(F)(F)F)ccc2C(=O)c2ccc(OS(=O)(=O)C(F)(F)F)cc21. The Kier molecular flexibility index (Phi) is 5.66. The number of alkyl halides is 6. The van der Waals surface area contributed by atoms with E-state index in [1.54, 1.807) is 13.1 Å². The number of fused-ring (bicyclic) bond motifs is 2. The minimum absolute atomic E-state index is 0.0347. The van der Waals surface area contributed by atoms with Crippen LogP contribution in [0.15, 0.2) is 36.4 Å². The molecule has 1 aliphatic heterocycles. The lowest BCUT2D eigenvalue weighted by atomic mass is 10.0. The van der Waals surface area contributed by atoms with E-state index in [0.717, 1.165) is 36.4 Å². The molecule has 0 aliphatic carbocycles. The van der Waals surface area contributed by atoms with Gasteiger partial charge in [-0.15, -0.1) is 0 Å². The van der Waals surface area contributed by atoms with Gasteiger partial charge in [-0.1, -0.05) is 13.1 Å². The van der Waals surface area contributed by atoms with Crippen molar-refractivity contribution >= 4 is 44.5 Å². The lowest BCUT2D eigenvalue weighted by molar-refractivity contribution is -0.0504. The third kappa shape index (κ3) is 4.33. The van der Waals surface area contributed by atoms with Gasteiger partial charge < -0.3 is 8.37 Å². The van der Waals surface area contributed by atoms with Gasteiger partial charge in [0.05, 0.1) is 0 Å². The normalized spacial score (nSPS) is 16.1. The Labute approximate surface area is 184 Å². The van der Waals surface area contributed by atoms with Gasteiger partial charge in [0.15, 0.2) is 5.78 Å². The molecule has 0 radical (unpaired) electrons. The molecule has 33 heavy (non-hydrogen) atoms. The summed E-state index contributed by atoms with van der Waals surface area (Å²) in [6.45, 7) is 3.14. The average molecular weight is 534 g/mol. The topological polar surface area (TPSA) is 104 Å². The van der Waals surface area contributed by atoms with E-state index in [0.29, 0.717) is 0 Å². The van der Waals surface area contributed by atoms with Crippen LogP contribution in [-0.2, 0) is 20.2 Å². The van der Waals surface area contributed by atoms with Crippen molar-refractivity contribution in [1.29, 1.82) is 0 Å². The maximum Gasteiger partial charge on any atom is 0.534 e. The van der Waals surface area contributed by atoms with Crippen LogP contribution in [0.2, 0.25) is 13.1 Å². The van der Waals surface area contributed by atoms with E-state index >= 15 is 0 Å². The van der Waals surface area contributed by atoms with Gasteiger partial charge in [0.1, 0.15) is 19.6 Å². The summed E-state index contributed by atoms with van der Waals surface area (Å²) in [5.41, 5.74) is -11.3. The Morgan fingerprint density at radius 1 is 0.697 bits per heavy atom. The summed E-state index contributed by atoms with van der Waals surface area (Å²) in [4.78, 5) is 12.9. The standard InChI is InChI=1S/C17H12F6O7S2Si/c1-33(2)13-7-9(29-31(25,26)16(18,19)20)3-5-11(13)15(24)12-6-4-10(8-14(12)33)30-32(27,28)17(21,22)23/h3-8H,1-2H3. The number of hydrogen-bond acceptors (Lipinski definition) is 7. The van der Waals surface area contributed by atoms with Gasteiger partial charge in [-0.25, -0.2) is 0 Å². The van der Waals surface area contributed by atoms with E-state index in [2.05, 4.69) is 8.37 Å². The molecule has 0 aromatic heterocycles. The van der Waals surface area contributed by atoms with Crippen LogP contribution in [0.5, 0.6) is 11.5 Å². The van der Waals surface area contributed by atoms with Crippen LogP contribution in [0.25, 0.3) is 0 Å². The third-order valence-corrected chi connectivity index (χ3v) is 10.3. The smallest absolute Gasteiger partial charge is 0.376 e. The highest BCUT2D eigenvalue weighted by atomic mass is 32.2. The first kappa shape index (κ1) is 25.0. The fourth-order valence-corrected chi connectivity index (χ4v) is 7.16. The van der Waals surface area contributed by atoms with Gasteiger partial charge >= 0.3 is 31.3 Å². The molecule has 3 rings (SSSR count). The lowest BCUT2D eigenvalue weighted by Gasteiger charge is -2.33. The zero-order valence-electron chi connectivity index (χ0n) is 16.4. The van der Waals surface area contributed by atoms with E-state index in [1.165, 1.54) is 0 Å². The Balaban J connectivity index is 2.09. The van der Waals surface area contributed by atoms with Gasteiger partial charge in [-0.05, 0) is 46.8 Å². The van der Waals surface area contributed by atoms with Crippen LogP contribution in [-0.4, -0.2) is 41.7 Å². The highest BCUT2D eigenvalue weighted by molar-refractivity contribution is 7.88. The van der Waals surface area contributed by atoms with Crippen LogP contribution in [0.4, 0.5) is 26.3 Å². The predicted molar refractivity (Wildman–Crippen MR) is 104 cm³/mol. The fourth-order valence-electron chi connectivity index (χ4n) is 3.22. The highest BCUT2D eigenvalue weighted by Gasteiger charge is 2.50. The Hall–Kier alpha value is -2.59. The van der Waals surface area contributed by atoms with Gasteiger partial charge in [0.25, 0.3) is 0 Å². The van der Waals surface area contributed by atoms with Gasteiger partial charge in [-0.3, -0.25) is 4.79 Å². The number of carbonyl (C=O) groups excluding carboxylic acids is 1. The third-order valence-electron chi connectivity index (χ3n) is 4.80. The van der Waals surface area contributed by atoms with Crippen molar-refractivity contribution in [3.8, 4) is 11.5 Å². The highest BCUT2D eigenvalue weighted by Crippen LogP contribution is 2.31. The lowest BCUT2D eigenvalue weighted by Crippen LogP contribution is -2.59. The monoisotopic (exact) mass is 534 g/mol. The van der Waals surface area contributed by atoms with E-state index in [4.69, 9.17) is 0 Å². The zero-order valence-corrected chi connectivity index (χ0v) is 19.0. The number of halogens is 6. The number of hydrogen-bond donors (Lipinski definition) is 0. The second-order valence-corrected chi connectivity index (χ2v) is 14.7. The average Bonchev–Trinajstić information content (AvgIpc) is 2.64. The summed E-state index contributed by atoms with van der Waals surface area (Å²) < 4.78 is 129. The van der Waals surface area contributed by atoms with E-state index in [-0.39, 0.29) is 21.5 Å². The minimum Gasteiger partial charge on any atom is -0.376 e. The second-order valence-electron chi connectivity index (χ2n) is 7.34. The molecule has 0 N–H and O–H groups in total. The second kappa shape index (κ2) is 7.46. The number of carbonyl (C=O) groups is 1. The molecular weight excluding hydrogens is 522 g/mol. The van der Waals surface area contributed by atoms with Crippen LogP contribution in [0, 0.1) is 0 Å². The maximum absolute atomic E-state index is 12.9. The molecular formula is C17H12F6O7S2Si. The van der Waals surface area contributed by atoms with Crippen LogP contribution in [0.1, 0.15) is 15.9 Å². The van der Waals surface area contributed by atoms with Gasteiger partial charge in [0, 0.05) is 11.1 Å². The molecule has 0 saturated heterocycles. The number of benzene rings is 2. The molecule has 2 aromatic rings. The van der Waals surface area contributed by atoms with Crippen molar-refractivity contribution in [3.63, 3.8) is 0 Å². The summed E-state index contributed by atoms with van der Waals surface area (Å²) in [6, 6.07) is 5.76. The van der Waals surface area contributed by atoms with Crippen LogP contribution < -0.4 is 18.7 Å². The van der Waals surface area contributed by atoms with E-state index in [9.17, 15) is 48.0 Å².